The topological polar surface area (TPSA) is 13.1 Å². The molecule has 9 aromatic carbocycles. The van der Waals surface area contributed by atoms with Gasteiger partial charge in [0.25, 0.3) is 0 Å². The number of fused-ring (bicyclic) bond motifs is 5. The molecule has 3 aliphatic rings. The fourth-order valence-electron chi connectivity index (χ4n) is 8.77. The first kappa shape index (κ1) is 17.5. The van der Waals surface area contributed by atoms with Gasteiger partial charge in [0, 0.05) is 28.0 Å². The van der Waals surface area contributed by atoms with E-state index in [1.807, 2.05) is 48.5 Å². The van der Waals surface area contributed by atoms with Gasteiger partial charge in [-0.3, -0.25) is 0 Å². The lowest BCUT2D eigenvalue weighted by atomic mass is 9.67. The zero-order chi connectivity index (χ0) is 51.4. The van der Waals surface area contributed by atoms with Gasteiger partial charge in [0.15, 0.2) is 0 Å². The molecule has 1 heteroatoms. The summed E-state index contributed by atoms with van der Waals surface area (Å²) in [6, 6.07) is 12.7. The minimum atomic E-state index is -1.34. The molecular weight excluding hydrogens is 665 g/mol. The molecule has 13 rings (SSSR count). The molecule has 0 saturated carbocycles. The summed E-state index contributed by atoms with van der Waals surface area (Å²) in [7, 11) is 0. The molecule has 0 fully saturated rings. The first-order chi connectivity index (χ1) is 34.8. The SMILES string of the molecule is [2H]C1=C([2H])c2c([2H])c([2H])c([2H])c3c2C2C1=C(c1cc(-c4c([2H])c([2H])c5c([2H])c([2H])c6c([2H])c([2H])c([2H])c7c([2H])c([2H])c4c5c67)cc(-c4cccc5oc6c7ccccc7ccc6c45)c1)C([2H])=C([2H])C2C([2H])=C3[2H]. The Morgan fingerprint density at radius 2 is 1.24 bits per heavy atom. The molecule has 1 nitrogen and oxygen atoms in total. The van der Waals surface area contributed by atoms with Crippen LogP contribution in [0.2, 0.25) is 0 Å². The van der Waals surface area contributed by atoms with Crippen LogP contribution in [-0.4, -0.2) is 0 Å². The van der Waals surface area contributed by atoms with Gasteiger partial charge in [-0.15, -0.1) is 0 Å². The zero-order valence-electron chi connectivity index (χ0n) is 46.5. The summed E-state index contributed by atoms with van der Waals surface area (Å²) in [6.07, 6.45) is 0. The molecule has 3 aliphatic carbocycles. The van der Waals surface area contributed by atoms with Crippen molar-refractivity contribution in [3.8, 4) is 22.3 Å². The maximum Gasteiger partial charge on any atom is 0.143 e. The third kappa shape index (κ3) is 4.07. The van der Waals surface area contributed by atoms with E-state index in [1.165, 1.54) is 6.07 Å². The van der Waals surface area contributed by atoms with Crippen LogP contribution in [0.1, 0.15) is 52.8 Å². The van der Waals surface area contributed by atoms with Crippen molar-refractivity contribution in [1.82, 2.24) is 0 Å². The Hall–Kier alpha value is -6.96. The van der Waals surface area contributed by atoms with Crippen molar-refractivity contribution in [2.24, 2.45) is 5.92 Å². The summed E-state index contributed by atoms with van der Waals surface area (Å²) in [5.41, 5.74) is 1.90. The van der Waals surface area contributed by atoms with Crippen LogP contribution in [0, 0.1) is 5.92 Å². The molecular formula is C54H32O. The maximum absolute atomic E-state index is 9.79. The molecule has 0 radical (unpaired) electrons. The first-order valence-corrected chi connectivity index (χ1v) is 17.9. The van der Waals surface area contributed by atoms with E-state index >= 15 is 0 Å². The smallest absolute Gasteiger partial charge is 0.143 e. The van der Waals surface area contributed by atoms with Crippen molar-refractivity contribution >= 4 is 82.7 Å². The van der Waals surface area contributed by atoms with Crippen molar-refractivity contribution in [2.45, 2.75) is 5.92 Å². The number of allylic oxidation sites excluding steroid dienone is 6. The Morgan fingerprint density at radius 3 is 2.15 bits per heavy atom. The third-order valence-corrected chi connectivity index (χ3v) is 11.2. The number of furan rings is 1. The van der Waals surface area contributed by atoms with Gasteiger partial charge in [-0.1, -0.05) is 151 Å². The second-order valence-corrected chi connectivity index (χ2v) is 14.1. The van der Waals surface area contributed by atoms with Crippen molar-refractivity contribution in [1.29, 1.82) is 0 Å². The van der Waals surface area contributed by atoms with Crippen molar-refractivity contribution in [2.75, 3.05) is 0 Å². The predicted molar refractivity (Wildman–Crippen MR) is 233 cm³/mol. The normalized spacial score (nSPS) is 22.8. The molecule has 0 saturated heterocycles. The van der Waals surface area contributed by atoms with E-state index in [0.717, 1.165) is 16.2 Å². The molecule has 1 aromatic heterocycles. The van der Waals surface area contributed by atoms with Crippen LogP contribution < -0.4 is 0 Å². The highest BCUT2D eigenvalue weighted by molar-refractivity contribution is 6.26. The molecule has 2 atom stereocenters. The Labute approximate surface area is 343 Å². The lowest BCUT2D eigenvalue weighted by Crippen LogP contribution is -2.21. The quantitative estimate of drug-likeness (QED) is 0.166. The predicted octanol–water partition coefficient (Wildman–Crippen LogP) is 14.7. The van der Waals surface area contributed by atoms with Crippen LogP contribution in [0.15, 0.2) is 180 Å². The highest BCUT2D eigenvalue weighted by atomic mass is 16.3. The highest BCUT2D eigenvalue weighted by Crippen LogP contribution is 2.51. The summed E-state index contributed by atoms with van der Waals surface area (Å²) in [4.78, 5) is 0. The lowest BCUT2D eigenvalue weighted by Gasteiger charge is -2.37. The molecule has 0 N–H and O–H groups in total. The van der Waals surface area contributed by atoms with E-state index in [9.17, 15) is 12.3 Å². The minimum absolute atomic E-state index is 0.00340. The fraction of sp³-hybridized carbons (Fsp3) is 0.0370. The van der Waals surface area contributed by atoms with E-state index in [-0.39, 0.29) is 76.8 Å². The van der Waals surface area contributed by atoms with E-state index in [2.05, 4.69) is 0 Å². The monoisotopic (exact) mass is 714 g/mol. The van der Waals surface area contributed by atoms with Gasteiger partial charge in [0.2, 0.25) is 0 Å². The van der Waals surface area contributed by atoms with E-state index in [4.69, 9.17) is 16.8 Å². The Balaban J connectivity index is 1.21. The maximum atomic E-state index is 9.79. The van der Waals surface area contributed by atoms with Gasteiger partial charge < -0.3 is 4.42 Å². The standard InChI is InChI=1S/C54H32O/c1-2-11-44-31(6-1)18-27-47-53-43(12-5-13-48(53)55-54(44)47)40-29-38(41-23-19-36-16-14-32-7-3-9-34-21-25-45(41)51(36)49(32)34)28-39(30-40)42-24-20-37-17-15-33-8-4-10-35-22-26-46(42)52(37)50(33)35/h1-30,36,51H/i3D,4D,7D,8D,9D,10D,14D,15D,16D,17D,19D,20D,21D,22D,23D,24D,25D,26D. The van der Waals surface area contributed by atoms with Crippen molar-refractivity contribution in [3.63, 3.8) is 0 Å². The van der Waals surface area contributed by atoms with Gasteiger partial charge in [-0.05, 0) is 124 Å². The van der Waals surface area contributed by atoms with Crippen molar-refractivity contribution in [3.05, 3.63) is 197 Å². The summed E-state index contributed by atoms with van der Waals surface area (Å²) in [5, 5.41) is 2.32. The van der Waals surface area contributed by atoms with E-state index < -0.39 is 121 Å². The van der Waals surface area contributed by atoms with Crippen molar-refractivity contribution < 1.29 is 29.1 Å². The summed E-state index contributed by atoms with van der Waals surface area (Å²) < 4.78 is 173. The minimum Gasteiger partial charge on any atom is -0.455 e. The van der Waals surface area contributed by atoms with Crippen LogP contribution in [0.3, 0.4) is 0 Å². The molecule has 1 heterocycles. The van der Waals surface area contributed by atoms with Gasteiger partial charge in [-0.25, -0.2) is 0 Å². The first-order valence-electron chi connectivity index (χ1n) is 26.9. The molecule has 0 spiro atoms. The van der Waals surface area contributed by atoms with Crippen LogP contribution in [0.5, 0.6) is 0 Å². The molecule has 10 aromatic rings. The van der Waals surface area contributed by atoms with Gasteiger partial charge in [-0.2, -0.15) is 0 Å². The van der Waals surface area contributed by atoms with E-state index in [0.29, 0.717) is 27.7 Å². The van der Waals surface area contributed by atoms with Crippen LogP contribution in [-0.2, 0) is 0 Å². The second kappa shape index (κ2) is 10.8. The summed E-state index contributed by atoms with van der Waals surface area (Å²) >= 11 is 0. The summed E-state index contributed by atoms with van der Waals surface area (Å²) in [6.45, 7) is 0. The molecule has 254 valence electrons. The highest BCUT2D eigenvalue weighted by Gasteiger charge is 2.34. The van der Waals surface area contributed by atoms with Gasteiger partial charge in [0.05, 0.1) is 24.7 Å². The Kier molecular flexibility index (Phi) is 3.43. The van der Waals surface area contributed by atoms with Crippen LogP contribution in [0.4, 0.5) is 0 Å². The lowest BCUT2D eigenvalue weighted by molar-refractivity contribution is 0.667. The third-order valence-electron chi connectivity index (χ3n) is 11.2. The zero-order valence-corrected chi connectivity index (χ0v) is 28.5. The average Bonchev–Trinajstić information content (AvgIpc) is 3.77. The number of rotatable bonds is 3. The molecule has 2 unspecified atom stereocenters. The Bertz CT molecular complexity index is 4460. The molecule has 0 bridgehead atoms. The molecule has 0 aliphatic heterocycles. The summed E-state index contributed by atoms with van der Waals surface area (Å²) in [5.74, 6) is -2.56. The van der Waals surface area contributed by atoms with Crippen LogP contribution in [0.25, 0.3) is 105 Å². The largest absolute Gasteiger partial charge is 0.455 e. The second-order valence-electron chi connectivity index (χ2n) is 14.1. The number of benzene rings is 9. The molecule has 55 heavy (non-hydrogen) atoms. The van der Waals surface area contributed by atoms with Gasteiger partial charge >= 0.3 is 0 Å². The van der Waals surface area contributed by atoms with Crippen LogP contribution >= 0.6 is 0 Å². The van der Waals surface area contributed by atoms with E-state index in [1.54, 1.807) is 18.2 Å². The number of hydrogen-bond acceptors (Lipinski definition) is 1. The Morgan fingerprint density at radius 1 is 0.491 bits per heavy atom. The fourth-order valence-corrected chi connectivity index (χ4v) is 8.77. The average molecular weight is 715 g/mol. The van der Waals surface area contributed by atoms with Gasteiger partial charge in [0.1, 0.15) is 11.2 Å². The molecule has 0 amide bonds. The number of hydrogen-bond donors (Lipinski definition) is 0.